The number of aliphatic hydroxyl groups excluding tert-OH is 2. The predicted molar refractivity (Wildman–Crippen MR) is 109 cm³/mol. The number of phenols is 2. The fourth-order valence-corrected chi connectivity index (χ4v) is 3.39. The van der Waals surface area contributed by atoms with Crippen LogP contribution >= 0.6 is 0 Å². The number of aromatic hydroxyl groups is 2. The van der Waals surface area contributed by atoms with Crippen molar-refractivity contribution in [1.29, 1.82) is 0 Å². The molecule has 4 N–H and O–H groups in total. The molecule has 28 heavy (non-hydrogen) atoms. The highest BCUT2D eigenvalue weighted by Gasteiger charge is 2.23. The Labute approximate surface area is 164 Å². The zero-order valence-corrected chi connectivity index (χ0v) is 15.7. The van der Waals surface area contributed by atoms with Gasteiger partial charge in [-0.1, -0.05) is 25.0 Å². The van der Waals surface area contributed by atoms with Gasteiger partial charge in [-0.25, -0.2) is 0 Å². The van der Waals surface area contributed by atoms with Crippen molar-refractivity contribution in [1.82, 2.24) is 0 Å². The molecule has 1 fully saturated rings. The first kappa shape index (κ1) is 20.0. The molecule has 0 radical (unpaired) electrons. The van der Waals surface area contributed by atoms with Gasteiger partial charge in [0.25, 0.3) is 0 Å². The Kier molecular flexibility index (Phi) is 6.79. The normalized spacial score (nSPS) is 20.2. The smallest absolute Gasteiger partial charge is 0.124 e. The molecule has 0 aliphatic heterocycles. The van der Waals surface area contributed by atoms with Crippen LogP contribution < -0.4 is 0 Å². The Hall–Kier alpha value is -2.70. The van der Waals surface area contributed by atoms with E-state index in [-0.39, 0.29) is 36.8 Å². The fourth-order valence-electron chi connectivity index (χ4n) is 3.39. The molecular formula is C22H26N2O4. The van der Waals surface area contributed by atoms with Crippen molar-refractivity contribution in [3.8, 4) is 11.5 Å². The molecule has 2 atom stereocenters. The molecule has 3 rings (SSSR count). The lowest BCUT2D eigenvalue weighted by atomic mass is 9.91. The number of benzene rings is 2. The second-order valence-corrected chi connectivity index (χ2v) is 7.08. The van der Waals surface area contributed by atoms with E-state index >= 15 is 0 Å². The van der Waals surface area contributed by atoms with Crippen molar-refractivity contribution in [3.63, 3.8) is 0 Å². The SMILES string of the molecule is OCc1ccc(C=N[C@@H]2CCCC[C@H]2N=Cc2ccc(CO)cc2O)c(O)c1. The summed E-state index contributed by atoms with van der Waals surface area (Å²) in [6, 6.07) is 10.1. The van der Waals surface area contributed by atoms with Crippen molar-refractivity contribution in [2.24, 2.45) is 9.98 Å². The van der Waals surface area contributed by atoms with Crippen LogP contribution in [-0.4, -0.2) is 44.9 Å². The number of aliphatic imine (C=N–C) groups is 2. The van der Waals surface area contributed by atoms with Crippen molar-refractivity contribution in [2.45, 2.75) is 51.0 Å². The Morgan fingerprint density at radius 1 is 0.750 bits per heavy atom. The van der Waals surface area contributed by atoms with Gasteiger partial charge in [-0.3, -0.25) is 9.98 Å². The maximum atomic E-state index is 10.1. The Bertz CT molecular complexity index is 792. The number of aliphatic hydroxyl groups is 2. The van der Waals surface area contributed by atoms with E-state index in [2.05, 4.69) is 9.98 Å². The van der Waals surface area contributed by atoms with Crippen molar-refractivity contribution in [2.75, 3.05) is 0 Å². The molecule has 6 heteroatoms. The van der Waals surface area contributed by atoms with Gasteiger partial charge in [0.15, 0.2) is 0 Å². The van der Waals surface area contributed by atoms with Crippen LogP contribution in [0.15, 0.2) is 46.4 Å². The Morgan fingerprint density at radius 2 is 1.18 bits per heavy atom. The summed E-state index contributed by atoms with van der Waals surface area (Å²) < 4.78 is 0. The number of hydrogen-bond acceptors (Lipinski definition) is 6. The van der Waals surface area contributed by atoms with Crippen LogP contribution in [-0.2, 0) is 13.2 Å². The van der Waals surface area contributed by atoms with E-state index in [0.717, 1.165) is 25.7 Å². The van der Waals surface area contributed by atoms with Gasteiger partial charge in [0, 0.05) is 23.6 Å². The topological polar surface area (TPSA) is 106 Å². The second kappa shape index (κ2) is 9.48. The van der Waals surface area contributed by atoms with E-state index in [4.69, 9.17) is 10.2 Å². The third-order valence-electron chi connectivity index (χ3n) is 5.06. The lowest BCUT2D eigenvalue weighted by Crippen LogP contribution is -2.27. The molecule has 0 aromatic heterocycles. The third-order valence-corrected chi connectivity index (χ3v) is 5.06. The van der Waals surface area contributed by atoms with Gasteiger partial charge in [0.05, 0.1) is 25.3 Å². The van der Waals surface area contributed by atoms with Crippen LogP contribution in [0, 0.1) is 0 Å². The average molecular weight is 382 g/mol. The van der Waals surface area contributed by atoms with E-state index in [1.807, 2.05) is 0 Å². The largest absolute Gasteiger partial charge is 0.507 e. The Morgan fingerprint density at radius 3 is 1.54 bits per heavy atom. The third kappa shape index (κ3) is 4.97. The highest BCUT2D eigenvalue weighted by molar-refractivity contribution is 5.84. The van der Waals surface area contributed by atoms with Crippen LogP contribution in [0.3, 0.4) is 0 Å². The molecule has 2 aromatic carbocycles. The van der Waals surface area contributed by atoms with Crippen LogP contribution in [0.25, 0.3) is 0 Å². The van der Waals surface area contributed by atoms with Gasteiger partial charge < -0.3 is 20.4 Å². The minimum absolute atomic E-state index is 0.0146. The van der Waals surface area contributed by atoms with E-state index in [9.17, 15) is 10.2 Å². The molecule has 1 aliphatic rings. The van der Waals surface area contributed by atoms with Gasteiger partial charge >= 0.3 is 0 Å². The molecular weight excluding hydrogens is 356 g/mol. The van der Waals surface area contributed by atoms with Gasteiger partial charge in [0.2, 0.25) is 0 Å². The minimum Gasteiger partial charge on any atom is -0.507 e. The lowest BCUT2D eigenvalue weighted by Gasteiger charge is -2.25. The molecule has 2 aromatic rings. The van der Waals surface area contributed by atoms with Gasteiger partial charge in [-0.15, -0.1) is 0 Å². The molecule has 0 unspecified atom stereocenters. The standard InChI is InChI=1S/C22H26N2O4/c25-13-15-5-7-17(21(27)9-15)11-23-19-3-1-2-4-20(19)24-12-18-8-6-16(14-26)10-22(18)28/h5-12,19-20,25-28H,1-4,13-14H2/t19-,20-/m1/s1. The van der Waals surface area contributed by atoms with Crippen LogP contribution in [0.4, 0.5) is 0 Å². The molecule has 0 amide bonds. The van der Waals surface area contributed by atoms with E-state index in [1.165, 1.54) is 12.1 Å². The number of nitrogens with zero attached hydrogens (tertiary/aromatic N) is 2. The zero-order chi connectivity index (χ0) is 19.9. The molecule has 0 bridgehead atoms. The summed E-state index contributed by atoms with van der Waals surface area (Å²) in [4.78, 5) is 9.31. The average Bonchev–Trinajstić information content (AvgIpc) is 2.72. The minimum atomic E-state index is -0.115. The van der Waals surface area contributed by atoms with Crippen molar-refractivity contribution >= 4 is 12.4 Å². The predicted octanol–water partition coefficient (Wildman–Crippen LogP) is 2.93. The number of rotatable bonds is 6. The molecule has 0 spiro atoms. The molecule has 6 nitrogen and oxygen atoms in total. The highest BCUT2D eigenvalue weighted by Crippen LogP contribution is 2.26. The second-order valence-electron chi connectivity index (χ2n) is 7.08. The molecule has 0 saturated heterocycles. The summed E-state index contributed by atoms with van der Waals surface area (Å²) in [7, 11) is 0. The van der Waals surface area contributed by atoms with Crippen molar-refractivity contribution < 1.29 is 20.4 Å². The summed E-state index contributed by atoms with van der Waals surface area (Å²) in [5.74, 6) is 0.195. The van der Waals surface area contributed by atoms with Crippen LogP contribution in [0.5, 0.6) is 11.5 Å². The Balaban J connectivity index is 1.73. The van der Waals surface area contributed by atoms with E-state index < -0.39 is 0 Å². The number of hydrogen-bond donors (Lipinski definition) is 4. The van der Waals surface area contributed by atoms with Crippen LogP contribution in [0.1, 0.15) is 47.9 Å². The molecule has 1 aliphatic carbocycles. The molecule has 0 heterocycles. The van der Waals surface area contributed by atoms with Gasteiger partial charge in [-0.05, 0) is 48.2 Å². The first-order chi connectivity index (χ1) is 13.6. The first-order valence-electron chi connectivity index (χ1n) is 9.52. The summed E-state index contributed by atoms with van der Waals surface area (Å²) in [5, 5.41) is 38.4. The summed E-state index contributed by atoms with van der Waals surface area (Å²) in [6.45, 7) is -0.229. The number of phenolic OH excluding ortho intramolecular Hbond substituents is 2. The fraction of sp³-hybridized carbons (Fsp3) is 0.364. The van der Waals surface area contributed by atoms with Crippen molar-refractivity contribution in [3.05, 3.63) is 58.7 Å². The van der Waals surface area contributed by atoms with Gasteiger partial charge in [0.1, 0.15) is 11.5 Å². The first-order valence-corrected chi connectivity index (χ1v) is 9.52. The summed E-state index contributed by atoms with van der Waals surface area (Å²) in [5.41, 5.74) is 2.54. The van der Waals surface area contributed by atoms with Gasteiger partial charge in [-0.2, -0.15) is 0 Å². The zero-order valence-electron chi connectivity index (χ0n) is 15.7. The molecule has 148 valence electrons. The van der Waals surface area contributed by atoms with E-state index in [0.29, 0.717) is 22.3 Å². The quantitative estimate of drug-likeness (QED) is 0.576. The van der Waals surface area contributed by atoms with Crippen LogP contribution in [0.2, 0.25) is 0 Å². The van der Waals surface area contributed by atoms with E-state index in [1.54, 1.807) is 36.7 Å². The summed E-state index contributed by atoms with van der Waals surface area (Å²) in [6.07, 6.45) is 7.34. The maximum absolute atomic E-state index is 10.1. The molecule has 1 saturated carbocycles. The monoisotopic (exact) mass is 382 g/mol. The lowest BCUT2D eigenvalue weighted by molar-refractivity contribution is 0.281. The highest BCUT2D eigenvalue weighted by atomic mass is 16.3. The summed E-state index contributed by atoms with van der Waals surface area (Å²) >= 11 is 0. The maximum Gasteiger partial charge on any atom is 0.124 e.